The average Bonchev–Trinajstić information content (AvgIpc) is 2.83. The van der Waals surface area contributed by atoms with Crippen molar-refractivity contribution in [1.82, 2.24) is 4.98 Å². The second-order valence-corrected chi connectivity index (χ2v) is 8.97. The summed E-state index contributed by atoms with van der Waals surface area (Å²) in [7, 11) is 1.14. The van der Waals surface area contributed by atoms with Gasteiger partial charge >= 0.3 is 6.18 Å². The number of hydrogen-bond donors (Lipinski definition) is 1. The summed E-state index contributed by atoms with van der Waals surface area (Å²) in [6.07, 6.45) is -4.77. The van der Waals surface area contributed by atoms with Crippen LogP contribution in [0.1, 0.15) is 34.7 Å². The van der Waals surface area contributed by atoms with Crippen molar-refractivity contribution in [2.45, 2.75) is 31.5 Å². The largest absolute Gasteiger partial charge is 0.755 e. The molecule has 1 aromatic heterocycles. The van der Waals surface area contributed by atoms with Crippen molar-refractivity contribution in [2.75, 3.05) is 11.4 Å². The van der Waals surface area contributed by atoms with Crippen LogP contribution in [-0.2, 0) is 35.3 Å². The van der Waals surface area contributed by atoms with Gasteiger partial charge in [0.2, 0.25) is 11.8 Å². The van der Waals surface area contributed by atoms with E-state index < -0.39 is 46.6 Å². The highest BCUT2D eigenvalue weighted by molar-refractivity contribution is 7.80. The van der Waals surface area contributed by atoms with E-state index in [4.69, 9.17) is 10.5 Å². The van der Waals surface area contributed by atoms with Crippen LogP contribution >= 0.6 is 0 Å². The lowest BCUT2D eigenvalue weighted by Gasteiger charge is -2.23. The van der Waals surface area contributed by atoms with E-state index in [1.54, 1.807) is 0 Å². The summed E-state index contributed by atoms with van der Waals surface area (Å²) in [6, 6.07) is 10.6. The molecule has 0 aliphatic heterocycles. The third kappa shape index (κ3) is 7.23. The predicted molar refractivity (Wildman–Crippen MR) is 124 cm³/mol. The number of carbonyl (C=O) groups is 1. The number of ether oxygens (including phenoxy) is 1. The molecule has 3 rings (SSSR count). The first-order chi connectivity index (χ1) is 17.4. The fourth-order valence-corrected chi connectivity index (χ4v) is 3.83. The molecule has 7 nitrogen and oxygen atoms in total. The van der Waals surface area contributed by atoms with Crippen LogP contribution in [0.15, 0.2) is 54.6 Å². The fourth-order valence-electron chi connectivity index (χ4n) is 3.52. The molecule has 13 heteroatoms. The number of carbonyl (C=O) groups excluding carboxylic acids is 1. The Kier molecular flexibility index (Phi) is 8.81. The zero-order valence-electron chi connectivity index (χ0n) is 19.3. The van der Waals surface area contributed by atoms with Crippen LogP contribution in [0.5, 0.6) is 5.88 Å². The highest BCUT2D eigenvalue weighted by Crippen LogP contribution is 2.33. The Morgan fingerprint density at radius 2 is 1.81 bits per heavy atom. The summed E-state index contributed by atoms with van der Waals surface area (Å²) in [5.74, 6) is -3.59. The molecule has 0 aliphatic rings. The van der Waals surface area contributed by atoms with E-state index >= 15 is 0 Å². The number of primary amides is 1. The summed E-state index contributed by atoms with van der Waals surface area (Å²) in [5.41, 5.74) is 4.95. The number of rotatable bonds is 10. The van der Waals surface area contributed by atoms with Crippen molar-refractivity contribution in [1.29, 1.82) is 0 Å². The monoisotopic (exact) mass is 542 g/mol. The second-order valence-electron chi connectivity index (χ2n) is 7.99. The van der Waals surface area contributed by atoms with Gasteiger partial charge in [0.05, 0.1) is 11.6 Å². The molecule has 1 amide bonds. The second kappa shape index (κ2) is 11.6. The van der Waals surface area contributed by atoms with Gasteiger partial charge in [-0.25, -0.2) is 13.8 Å². The molecule has 0 saturated carbocycles. The standard InChI is InChI=1S/C24H22F5N3O4S/c1-32(37(34)35)20-10-5-16(12-19(20)26)18(22(30)33)9-4-15-6-11-21(24(27,28)29)31-23(15)36-13-14-2-7-17(25)8-3-14/h2-3,5-8,10-12,18H,4,9,13H2,1H3,(H2,30,33)(H,34,35)/p-1. The van der Waals surface area contributed by atoms with E-state index in [0.717, 1.165) is 25.2 Å². The van der Waals surface area contributed by atoms with E-state index in [2.05, 4.69) is 4.98 Å². The van der Waals surface area contributed by atoms with Gasteiger partial charge < -0.3 is 19.3 Å². The number of aromatic nitrogens is 1. The molecule has 2 N–H and O–H groups in total. The van der Waals surface area contributed by atoms with Crippen LogP contribution in [0, 0.1) is 11.6 Å². The van der Waals surface area contributed by atoms with Crippen molar-refractivity contribution in [3.63, 3.8) is 0 Å². The van der Waals surface area contributed by atoms with Crippen LogP contribution in [-0.4, -0.2) is 26.7 Å². The van der Waals surface area contributed by atoms with E-state index in [0.29, 0.717) is 9.87 Å². The molecular weight excluding hydrogens is 521 g/mol. The number of aryl methyl sites for hydroxylation is 1. The number of pyridine rings is 1. The predicted octanol–water partition coefficient (Wildman–Crippen LogP) is 4.39. The number of nitrogens with two attached hydrogens (primary N) is 1. The number of benzene rings is 2. The van der Waals surface area contributed by atoms with Gasteiger partial charge in [-0.3, -0.25) is 9.00 Å². The van der Waals surface area contributed by atoms with E-state index in [-0.39, 0.29) is 42.1 Å². The van der Waals surface area contributed by atoms with Crippen LogP contribution in [0.4, 0.5) is 27.6 Å². The van der Waals surface area contributed by atoms with Crippen molar-refractivity contribution >= 4 is 22.9 Å². The highest BCUT2D eigenvalue weighted by atomic mass is 32.2. The Bertz CT molecular complexity index is 1290. The zero-order valence-corrected chi connectivity index (χ0v) is 20.1. The van der Waals surface area contributed by atoms with Crippen molar-refractivity contribution in [3.05, 3.63) is 88.6 Å². The zero-order chi connectivity index (χ0) is 27.3. The molecule has 198 valence electrons. The van der Waals surface area contributed by atoms with Crippen LogP contribution < -0.4 is 14.8 Å². The van der Waals surface area contributed by atoms with E-state index in [1.807, 2.05) is 0 Å². The van der Waals surface area contributed by atoms with Crippen molar-refractivity contribution in [3.8, 4) is 5.88 Å². The van der Waals surface area contributed by atoms with Gasteiger partial charge in [0.15, 0.2) is 0 Å². The SMILES string of the molecule is CN(c1ccc(C(CCc2ccc(C(F)(F)F)nc2OCc2ccc(F)cc2)C(N)=O)cc1F)S(=O)[O-]. The summed E-state index contributed by atoms with van der Waals surface area (Å²) in [5, 5.41) is 0. The first-order valence-electron chi connectivity index (χ1n) is 10.7. The maximum Gasteiger partial charge on any atom is 0.433 e. The normalized spacial score (nSPS) is 13.2. The first kappa shape index (κ1) is 28.0. The quantitative estimate of drug-likeness (QED) is 0.302. The maximum absolute atomic E-state index is 14.5. The van der Waals surface area contributed by atoms with Gasteiger partial charge in [-0.1, -0.05) is 24.3 Å². The molecule has 0 saturated heterocycles. The average molecular weight is 543 g/mol. The summed E-state index contributed by atoms with van der Waals surface area (Å²) in [6.45, 7) is -0.192. The van der Waals surface area contributed by atoms with Gasteiger partial charge in [-0.15, -0.1) is 0 Å². The fraction of sp³-hybridized carbons (Fsp3) is 0.250. The molecule has 2 aromatic carbocycles. The van der Waals surface area contributed by atoms with Crippen LogP contribution in [0.25, 0.3) is 0 Å². The number of halogens is 5. The minimum absolute atomic E-state index is 0.00859. The summed E-state index contributed by atoms with van der Waals surface area (Å²) >= 11 is -2.72. The third-order valence-corrected chi connectivity index (χ3v) is 6.15. The molecule has 0 fully saturated rings. The topological polar surface area (TPSA) is 109 Å². The number of amides is 1. The Labute approximate surface area is 211 Å². The van der Waals surface area contributed by atoms with Crippen LogP contribution in [0.2, 0.25) is 0 Å². The molecule has 2 unspecified atom stereocenters. The number of alkyl halides is 3. The summed E-state index contributed by atoms with van der Waals surface area (Å²) in [4.78, 5) is 15.7. The molecular formula is C24H21F5N3O4S-. The van der Waals surface area contributed by atoms with E-state index in [1.165, 1.54) is 36.4 Å². The molecule has 3 aromatic rings. The Morgan fingerprint density at radius 1 is 1.14 bits per heavy atom. The van der Waals surface area contributed by atoms with Gasteiger partial charge in [0.1, 0.15) is 23.9 Å². The van der Waals surface area contributed by atoms with Gasteiger partial charge in [0.25, 0.3) is 0 Å². The van der Waals surface area contributed by atoms with Crippen LogP contribution in [0.3, 0.4) is 0 Å². The number of anilines is 1. The number of hydrogen-bond acceptors (Lipinski definition) is 5. The first-order valence-corrected chi connectivity index (χ1v) is 11.8. The minimum atomic E-state index is -4.73. The molecule has 0 bridgehead atoms. The van der Waals surface area contributed by atoms with Crippen molar-refractivity contribution < 1.29 is 40.2 Å². The Hall–Kier alpha value is -3.58. The molecule has 0 radical (unpaired) electrons. The Morgan fingerprint density at radius 3 is 2.38 bits per heavy atom. The van der Waals surface area contributed by atoms with E-state index in [9.17, 15) is 35.5 Å². The highest BCUT2D eigenvalue weighted by Gasteiger charge is 2.33. The number of nitrogens with zero attached hydrogens (tertiary/aromatic N) is 2. The lowest BCUT2D eigenvalue weighted by atomic mass is 9.91. The van der Waals surface area contributed by atoms with Gasteiger partial charge in [0, 0.05) is 23.9 Å². The van der Waals surface area contributed by atoms with Gasteiger partial charge in [-0.05, 0) is 54.3 Å². The maximum atomic E-state index is 14.5. The molecule has 37 heavy (non-hydrogen) atoms. The Balaban J connectivity index is 1.85. The molecule has 0 aliphatic carbocycles. The molecule has 1 heterocycles. The smallest absolute Gasteiger partial charge is 0.433 e. The minimum Gasteiger partial charge on any atom is -0.755 e. The lowest BCUT2D eigenvalue weighted by molar-refractivity contribution is -0.141. The third-order valence-electron chi connectivity index (χ3n) is 5.50. The van der Waals surface area contributed by atoms with Gasteiger partial charge in [-0.2, -0.15) is 13.2 Å². The lowest BCUT2D eigenvalue weighted by Crippen LogP contribution is -2.23. The van der Waals surface area contributed by atoms with Crippen molar-refractivity contribution in [2.24, 2.45) is 5.73 Å². The molecule has 0 spiro atoms. The summed E-state index contributed by atoms with van der Waals surface area (Å²) < 4.78 is 95.7. The molecule has 2 atom stereocenters.